The van der Waals surface area contributed by atoms with E-state index in [0.717, 1.165) is 11.3 Å². The molecule has 1 fully saturated rings. The predicted octanol–water partition coefficient (Wildman–Crippen LogP) is 1.27. The van der Waals surface area contributed by atoms with Crippen LogP contribution >= 0.6 is 0 Å². The largest absolute Gasteiger partial charge is 0.344 e. The van der Waals surface area contributed by atoms with Crippen LogP contribution in [0.25, 0.3) is 0 Å². The molecule has 2 heterocycles. The predicted molar refractivity (Wildman–Crippen MR) is 86.9 cm³/mol. The molecule has 1 saturated heterocycles. The first-order chi connectivity index (χ1) is 11.1. The molecule has 6 heteroatoms. The quantitative estimate of drug-likeness (QED) is 0.904. The van der Waals surface area contributed by atoms with E-state index in [0.29, 0.717) is 25.8 Å². The van der Waals surface area contributed by atoms with Gasteiger partial charge in [0.05, 0.1) is 11.9 Å². The number of nitrogens with zero attached hydrogens (tertiary/aromatic N) is 3. The van der Waals surface area contributed by atoms with Gasteiger partial charge in [-0.3, -0.25) is 14.3 Å². The van der Waals surface area contributed by atoms with Gasteiger partial charge in [-0.1, -0.05) is 30.3 Å². The summed E-state index contributed by atoms with van der Waals surface area (Å²) in [7, 11) is 1.81. The number of hydrogen-bond acceptors (Lipinski definition) is 3. The van der Waals surface area contributed by atoms with Crippen molar-refractivity contribution in [3.8, 4) is 0 Å². The van der Waals surface area contributed by atoms with E-state index in [2.05, 4.69) is 10.4 Å². The Hall–Kier alpha value is -2.63. The van der Waals surface area contributed by atoms with Gasteiger partial charge < -0.3 is 10.2 Å². The fraction of sp³-hybridized carbons (Fsp3) is 0.353. The second-order valence-electron chi connectivity index (χ2n) is 5.76. The van der Waals surface area contributed by atoms with Gasteiger partial charge in [-0.2, -0.15) is 5.10 Å². The van der Waals surface area contributed by atoms with Gasteiger partial charge in [0.25, 0.3) is 0 Å². The average Bonchev–Trinajstić information content (AvgIpc) is 3.13. The van der Waals surface area contributed by atoms with Crippen LogP contribution in [0.2, 0.25) is 0 Å². The zero-order chi connectivity index (χ0) is 16.2. The Kier molecular flexibility index (Phi) is 4.41. The van der Waals surface area contributed by atoms with Crippen LogP contribution in [0.15, 0.2) is 42.7 Å². The molecular weight excluding hydrogens is 292 g/mol. The van der Waals surface area contributed by atoms with Crippen LogP contribution in [0.1, 0.15) is 18.4 Å². The summed E-state index contributed by atoms with van der Waals surface area (Å²) >= 11 is 0. The summed E-state index contributed by atoms with van der Waals surface area (Å²) in [5, 5.41) is 6.93. The minimum absolute atomic E-state index is 0.0638. The maximum absolute atomic E-state index is 12.4. The fourth-order valence-corrected chi connectivity index (χ4v) is 2.79. The molecule has 0 radical (unpaired) electrons. The smallest absolute Gasteiger partial charge is 0.249 e. The summed E-state index contributed by atoms with van der Waals surface area (Å²) in [6, 6.07) is 9.43. The minimum Gasteiger partial charge on any atom is -0.344 e. The number of nitrogens with one attached hydrogen (secondary N) is 1. The summed E-state index contributed by atoms with van der Waals surface area (Å²) < 4.78 is 1.66. The number of carbonyl (C=O) groups excluding carboxylic acids is 2. The van der Waals surface area contributed by atoms with Crippen molar-refractivity contribution < 1.29 is 9.59 Å². The van der Waals surface area contributed by atoms with E-state index in [-0.39, 0.29) is 11.8 Å². The van der Waals surface area contributed by atoms with Gasteiger partial charge in [0.15, 0.2) is 0 Å². The zero-order valence-electron chi connectivity index (χ0n) is 13.1. The first kappa shape index (κ1) is 15.3. The van der Waals surface area contributed by atoms with Gasteiger partial charge in [0.1, 0.15) is 6.04 Å². The van der Waals surface area contributed by atoms with Gasteiger partial charge in [0.2, 0.25) is 11.8 Å². The van der Waals surface area contributed by atoms with Gasteiger partial charge in [-0.25, -0.2) is 0 Å². The molecule has 1 aromatic heterocycles. The Labute approximate surface area is 135 Å². The minimum atomic E-state index is -0.432. The highest BCUT2D eigenvalue weighted by atomic mass is 16.2. The standard InChI is InChI=1S/C17H20N4O2/c1-20-12-14(11-18-20)21-10-9-15(17(21)23)19-16(22)8-7-13-5-3-2-4-6-13/h2-6,11-12,15H,7-10H2,1H3,(H,19,22). The van der Waals surface area contributed by atoms with Crippen molar-refractivity contribution in [1.29, 1.82) is 0 Å². The van der Waals surface area contributed by atoms with Gasteiger partial charge >= 0.3 is 0 Å². The average molecular weight is 312 g/mol. The Morgan fingerprint density at radius 1 is 1.35 bits per heavy atom. The summed E-state index contributed by atoms with van der Waals surface area (Å²) in [4.78, 5) is 26.1. The molecule has 120 valence electrons. The van der Waals surface area contributed by atoms with E-state index in [9.17, 15) is 9.59 Å². The molecule has 3 rings (SSSR count). The summed E-state index contributed by atoms with van der Waals surface area (Å²) in [5.41, 5.74) is 1.90. The van der Waals surface area contributed by atoms with Crippen LogP contribution in [0, 0.1) is 0 Å². The summed E-state index contributed by atoms with van der Waals surface area (Å²) in [5.74, 6) is -0.147. The molecule has 23 heavy (non-hydrogen) atoms. The molecule has 2 aromatic rings. The Balaban J connectivity index is 1.52. The highest BCUT2D eigenvalue weighted by molar-refractivity contribution is 6.01. The van der Waals surface area contributed by atoms with Crippen LogP contribution in [0.3, 0.4) is 0 Å². The van der Waals surface area contributed by atoms with Crippen molar-refractivity contribution in [2.24, 2.45) is 7.05 Å². The van der Waals surface area contributed by atoms with E-state index in [1.54, 1.807) is 22.0 Å². The van der Waals surface area contributed by atoms with Crippen LogP contribution in [-0.2, 0) is 23.1 Å². The maximum atomic E-state index is 12.4. The highest BCUT2D eigenvalue weighted by Crippen LogP contribution is 2.20. The maximum Gasteiger partial charge on any atom is 0.249 e. The molecule has 0 saturated carbocycles. The SMILES string of the molecule is Cn1cc(N2CCC(NC(=O)CCc3ccccc3)C2=O)cn1. The van der Waals surface area contributed by atoms with Crippen LogP contribution in [0.4, 0.5) is 5.69 Å². The summed E-state index contributed by atoms with van der Waals surface area (Å²) in [6.07, 6.45) is 5.17. The number of aryl methyl sites for hydroxylation is 2. The first-order valence-corrected chi connectivity index (χ1v) is 7.77. The molecule has 1 aliphatic heterocycles. The number of carbonyl (C=O) groups is 2. The monoisotopic (exact) mass is 312 g/mol. The lowest BCUT2D eigenvalue weighted by atomic mass is 10.1. The van der Waals surface area contributed by atoms with Crippen molar-refractivity contribution in [1.82, 2.24) is 15.1 Å². The van der Waals surface area contributed by atoms with E-state index in [1.807, 2.05) is 37.4 Å². The molecular formula is C17H20N4O2. The summed E-state index contributed by atoms with van der Waals surface area (Å²) in [6.45, 7) is 0.605. The Bertz CT molecular complexity index is 696. The molecule has 1 N–H and O–H groups in total. The van der Waals surface area contributed by atoms with Gasteiger partial charge in [-0.05, 0) is 18.4 Å². The molecule has 2 amide bonds. The lowest BCUT2D eigenvalue weighted by molar-refractivity contribution is -0.126. The third-order valence-electron chi connectivity index (χ3n) is 4.03. The molecule has 0 spiro atoms. The van der Waals surface area contributed by atoms with E-state index < -0.39 is 6.04 Å². The van der Waals surface area contributed by atoms with E-state index in [4.69, 9.17) is 0 Å². The van der Waals surface area contributed by atoms with Crippen LogP contribution in [-0.4, -0.2) is 34.2 Å². The number of rotatable bonds is 5. The molecule has 1 atom stereocenters. The molecule has 1 aliphatic rings. The second-order valence-corrected chi connectivity index (χ2v) is 5.76. The lowest BCUT2D eigenvalue weighted by Gasteiger charge is -2.15. The first-order valence-electron chi connectivity index (χ1n) is 7.77. The van der Waals surface area contributed by atoms with E-state index >= 15 is 0 Å². The van der Waals surface area contributed by atoms with Crippen molar-refractivity contribution in [3.63, 3.8) is 0 Å². The van der Waals surface area contributed by atoms with Crippen molar-refractivity contribution in [2.75, 3.05) is 11.4 Å². The Morgan fingerprint density at radius 2 is 2.13 bits per heavy atom. The number of aromatic nitrogens is 2. The molecule has 1 aromatic carbocycles. The van der Waals surface area contributed by atoms with Crippen molar-refractivity contribution in [2.45, 2.75) is 25.3 Å². The fourth-order valence-electron chi connectivity index (χ4n) is 2.79. The van der Waals surface area contributed by atoms with Gasteiger partial charge in [-0.15, -0.1) is 0 Å². The number of amides is 2. The molecule has 6 nitrogen and oxygen atoms in total. The second kappa shape index (κ2) is 6.64. The highest BCUT2D eigenvalue weighted by Gasteiger charge is 2.33. The number of anilines is 1. The molecule has 1 unspecified atom stereocenters. The lowest BCUT2D eigenvalue weighted by Crippen LogP contribution is -2.41. The van der Waals surface area contributed by atoms with Crippen molar-refractivity contribution >= 4 is 17.5 Å². The van der Waals surface area contributed by atoms with Crippen molar-refractivity contribution in [3.05, 3.63) is 48.3 Å². The third-order valence-corrected chi connectivity index (χ3v) is 4.03. The van der Waals surface area contributed by atoms with Crippen LogP contribution in [0.5, 0.6) is 0 Å². The van der Waals surface area contributed by atoms with Gasteiger partial charge in [0, 0.05) is 26.2 Å². The van der Waals surface area contributed by atoms with Crippen LogP contribution < -0.4 is 10.2 Å². The normalized spacial score (nSPS) is 17.5. The van der Waals surface area contributed by atoms with E-state index in [1.165, 1.54) is 0 Å². The molecule has 0 bridgehead atoms. The zero-order valence-corrected chi connectivity index (χ0v) is 13.1. The topological polar surface area (TPSA) is 67.2 Å². The third kappa shape index (κ3) is 3.59. The number of hydrogen-bond donors (Lipinski definition) is 1. The number of benzene rings is 1. The molecule has 0 aliphatic carbocycles. The Morgan fingerprint density at radius 3 is 2.83 bits per heavy atom.